The lowest BCUT2D eigenvalue weighted by atomic mass is 9.97. The first kappa shape index (κ1) is 14.8. The summed E-state index contributed by atoms with van der Waals surface area (Å²) in [6.07, 6.45) is 0. The van der Waals surface area contributed by atoms with Gasteiger partial charge in [-0.15, -0.1) is 0 Å². The van der Waals surface area contributed by atoms with Gasteiger partial charge in [0.1, 0.15) is 35.4 Å². The first-order valence-electron chi connectivity index (χ1n) is 7.04. The van der Waals surface area contributed by atoms with Crippen LogP contribution in [0.25, 0.3) is 32.7 Å². The van der Waals surface area contributed by atoms with Crippen molar-refractivity contribution >= 4 is 32.7 Å². The lowest BCUT2D eigenvalue weighted by molar-refractivity contribution is 1.49. The zero-order chi connectivity index (χ0) is 17.1. The summed E-state index contributed by atoms with van der Waals surface area (Å²) in [7, 11) is 0. The first-order chi connectivity index (χ1) is 11.7. The Labute approximate surface area is 137 Å². The van der Waals surface area contributed by atoms with E-state index in [0.717, 1.165) is 10.8 Å². The molecule has 3 rings (SSSR count). The molecule has 3 aromatic carbocycles. The quantitative estimate of drug-likeness (QED) is 0.596. The van der Waals surface area contributed by atoms with Crippen LogP contribution in [-0.2, 0) is 0 Å². The molecule has 0 N–H and O–H groups in total. The van der Waals surface area contributed by atoms with Gasteiger partial charge in [0.2, 0.25) is 0 Å². The smallest absolute Gasteiger partial charge is 0.137 e. The van der Waals surface area contributed by atoms with E-state index >= 15 is 0 Å². The molecule has 0 saturated heterocycles. The molecule has 24 heavy (non-hydrogen) atoms. The van der Waals surface area contributed by atoms with E-state index in [1.165, 1.54) is 0 Å². The molecular formula is C20H8N4. The van der Waals surface area contributed by atoms with Crippen molar-refractivity contribution in [2.45, 2.75) is 0 Å². The number of hydrogen-bond acceptors (Lipinski definition) is 4. The summed E-state index contributed by atoms with van der Waals surface area (Å²) in [5.41, 5.74) is -0.00501. The Morgan fingerprint density at radius 3 is 1.29 bits per heavy atom. The summed E-state index contributed by atoms with van der Waals surface area (Å²) in [5.74, 6) is 0. The highest BCUT2D eigenvalue weighted by atomic mass is 14.3. The van der Waals surface area contributed by atoms with E-state index in [9.17, 15) is 21.0 Å². The SMILES string of the molecule is N#CC(C#N)=c1ccc(=C(C#N)C#N)c2cc3ccccc3cc12. The van der Waals surface area contributed by atoms with Crippen LogP contribution in [0.5, 0.6) is 0 Å². The Morgan fingerprint density at radius 1 is 0.583 bits per heavy atom. The van der Waals surface area contributed by atoms with Crippen LogP contribution < -0.4 is 10.4 Å². The highest BCUT2D eigenvalue weighted by Crippen LogP contribution is 2.19. The summed E-state index contributed by atoms with van der Waals surface area (Å²) in [5, 5.41) is 41.1. The minimum atomic E-state index is -0.00250. The molecule has 0 aliphatic rings. The minimum Gasteiger partial charge on any atom is -0.192 e. The third-order valence-electron chi connectivity index (χ3n) is 3.87. The number of rotatable bonds is 0. The standard InChI is InChI=1S/C20H8N4/c21-9-15(10-22)17-5-6-18(16(11-23)12-24)20-8-14-4-2-1-3-13(14)7-19(17)20/h1-8H. The molecule has 0 heterocycles. The fourth-order valence-corrected chi connectivity index (χ4v) is 2.76. The maximum atomic E-state index is 9.20. The van der Waals surface area contributed by atoms with Gasteiger partial charge in [-0.2, -0.15) is 21.0 Å². The monoisotopic (exact) mass is 304 g/mol. The predicted octanol–water partition coefficient (Wildman–Crippen LogP) is 2.39. The van der Waals surface area contributed by atoms with E-state index < -0.39 is 0 Å². The van der Waals surface area contributed by atoms with Crippen LogP contribution in [0.2, 0.25) is 0 Å². The average molecular weight is 304 g/mol. The largest absolute Gasteiger partial charge is 0.192 e. The minimum absolute atomic E-state index is 0.00250. The fraction of sp³-hybridized carbons (Fsp3) is 0. The van der Waals surface area contributed by atoms with Gasteiger partial charge in [-0.05, 0) is 33.7 Å². The molecule has 0 bridgehead atoms. The maximum Gasteiger partial charge on any atom is 0.137 e. The molecule has 0 unspecified atom stereocenters. The summed E-state index contributed by atoms with van der Waals surface area (Å²) in [4.78, 5) is 0. The van der Waals surface area contributed by atoms with Crippen LogP contribution in [-0.4, -0.2) is 0 Å². The van der Waals surface area contributed by atoms with Gasteiger partial charge in [0, 0.05) is 10.4 Å². The van der Waals surface area contributed by atoms with Gasteiger partial charge in [0.05, 0.1) is 0 Å². The summed E-state index contributed by atoms with van der Waals surface area (Å²) >= 11 is 0. The van der Waals surface area contributed by atoms with E-state index in [0.29, 0.717) is 21.2 Å². The van der Waals surface area contributed by atoms with Crippen molar-refractivity contribution in [1.82, 2.24) is 0 Å². The Balaban J connectivity index is 2.74. The van der Waals surface area contributed by atoms with E-state index in [1.807, 2.05) is 60.7 Å². The normalized spacial score (nSPS) is 9.50. The van der Waals surface area contributed by atoms with Gasteiger partial charge in [0.25, 0.3) is 0 Å². The van der Waals surface area contributed by atoms with Crippen LogP contribution >= 0.6 is 0 Å². The molecule has 3 aromatic rings. The fourth-order valence-electron chi connectivity index (χ4n) is 2.76. The molecule has 0 aliphatic carbocycles. The van der Waals surface area contributed by atoms with Crippen molar-refractivity contribution in [3.8, 4) is 24.3 Å². The van der Waals surface area contributed by atoms with Gasteiger partial charge in [-0.3, -0.25) is 0 Å². The van der Waals surface area contributed by atoms with Crippen molar-refractivity contribution in [2.24, 2.45) is 0 Å². The van der Waals surface area contributed by atoms with Crippen molar-refractivity contribution in [3.63, 3.8) is 0 Å². The van der Waals surface area contributed by atoms with Crippen LogP contribution in [0.1, 0.15) is 0 Å². The summed E-state index contributed by atoms with van der Waals surface area (Å²) < 4.78 is 0. The molecule has 108 valence electrons. The highest BCUT2D eigenvalue weighted by Gasteiger charge is 2.07. The number of hydrogen-bond donors (Lipinski definition) is 0. The van der Waals surface area contributed by atoms with Crippen LogP contribution in [0.15, 0.2) is 48.5 Å². The molecular weight excluding hydrogens is 296 g/mol. The molecule has 4 nitrogen and oxygen atoms in total. The van der Waals surface area contributed by atoms with E-state index in [1.54, 1.807) is 12.1 Å². The van der Waals surface area contributed by atoms with Gasteiger partial charge in [-0.1, -0.05) is 36.4 Å². The molecule has 0 amide bonds. The molecule has 0 aliphatic heterocycles. The molecule has 0 spiro atoms. The second-order valence-corrected chi connectivity index (χ2v) is 5.10. The Bertz CT molecular complexity index is 1150. The van der Waals surface area contributed by atoms with Crippen molar-refractivity contribution in [2.75, 3.05) is 0 Å². The molecule has 4 heteroatoms. The van der Waals surface area contributed by atoms with Crippen LogP contribution in [0, 0.1) is 45.3 Å². The van der Waals surface area contributed by atoms with Gasteiger partial charge < -0.3 is 0 Å². The lowest BCUT2D eigenvalue weighted by Crippen LogP contribution is -2.15. The van der Waals surface area contributed by atoms with E-state index in [-0.39, 0.29) is 11.1 Å². The van der Waals surface area contributed by atoms with Crippen molar-refractivity contribution in [1.29, 1.82) is 21.0 Å². The van der Waals surface area contributed by atoms with E-state index in [2.05, 4.69) is 0 Å². The molecule has 0 aromatic heterocycles. The molecule has 0 saturated carbocycles. The topological polar surface area (TPSA) is 95.2 Å². The zero-order valence-corrected chi connectivity index (χ0v) is 12.4. The highest BCUT2D eigenvalue weighted by molar-refractivity contribution is 6.01. The second kappa shape index (κ2) is 5.94. The average Bonchev–Trinajstić information content (AvgIpc) is 2.63. The number of nitriles is 4. The Kier molecular flexibility index (Phi) is 3.66. The molecule has 0 radical (unpaired) electrons. The van der Waals surface area contributed by atoms with Crippen LogP contribution in [0.4, 0.5) is 0 Å². The molecule has 0 atom stereocenters. The number of nitrogens with zero attached hydrogens (tertiary/aromatic N) is 4. The third-order valence-corrected chi connectivity index (χ3v) is 3.87. The van der Waals surface area contributed by atoms with E-state index in [4.69, 9.17) is 0 Å². The summed E-state index contributed by atoms with van der Waals surface area (Å²) in [6.45, 7) is 0. The van der Waals surface area contributed by atoms with Crippen molar-refractivity contribution < 1.29 is 0 Å². The third kappa shape index (κ3) is 2.22. The van der Waals surface area contributed by atoms with Crippen LogP contribution in [0.3, 0.4) is 0 Å². The zero-order valence-electron chi connectivity index (χ0n) is 12.4. The number of fused-ring (bicyclic) bond motifs is 2. The Hall–Kier alpha value is -4.12. The molecule has 0 fully saturated rings. The number of benzene rings is 3. The van der Waals surface area contributed by atoms with Gasteiger partial charge >= 0.3 is 0 Å². The Morgan fingerprint density at radius 2 is 0.958 bits per heavy atom. The van der Waals surface area contributed by atoms with Gasteiger partial charge in [0.15, 0.2) is 0 Å². The van der Waals surface area contributed by atoms with Crippen molar-refractivity contribution in [3.05, 3.63) is 59.0 Å². The first-order valence-corrected chi connectivity index (χ1v) is 7.04. The predicted molar refractivity (Wildman–Crippen MR) is 90.0 cm³/mol. The summed E-state index contributed by atoms with van der Waals surface area (Å²) in [6, 6.07) is 22.3. The maximum absolute atomic E-state index is 9.20. The van der Waals surface area contributed by atoms with Gasteiger partial charge in [-0.25, -0.2) is 0 Å². The second-order valence-electron chi connectivity index (χ2n) is 5.10. The lowest BCUT2D eigenvalue weighted by Gasteiger charge is -2.05.